The Labute approximate surface area is 114 Å². The normalized spacial score (nSPS) is 10.7. The van der Waals surface area contributed by atoms with Gasteiger partial charge in [-0.3, -0.25) is 4.40 Å². The van der Waals surface area contributed by atoms with Gasteiger partial charge in [0.05, 0.1) is 5.56 Å². The van der Waals surface area contributed by atoms with Crippen molar-refractivity contribution in [3.05, 3.63) is 29.7 Å². The number of hydrogen-bond donors (Lipinski definition) is 0. The zero-order chi connectivity index (χ0) is 13.5. The summed E-state index contributed by atoms with van der Waals surface area (Å²) < 4.78 is 1.94. The largest absolute Gasteiger partial charge is 0.285 e. The van der Waals surface area contributed by atoms with Crippen molar-refractivity contribution >= 4 is 5.65 Å². The molecule has 0 radical (unpaired) electrons. The number of rotatable bonds is 7. The van der Waals surface area contributed by atoms with Crippen molar-refractivity contribution in [3.8, 4) is 6.07 Å². The van der Waals surface area contributed by atoms with Crippen LogP contribution in [-0.4, -0.2) is 14.6 Å². The molecule has 0 aliphatic heterocycles. The molecule has 0 unspecified atom stereocenters. The van der Waals surface area contributed by atoms with Gasteiger partial charge >= 0.3 is 0 Å². The highest BCUT2D eigenvalue weighted by molar-refractivity contribution is 5.42. The van der Waals surface area contributed by atoms with Crippen molar-refractivity contribution in [1.29, 1.82) is 5.26 Å². The average Bonchev–Trinajstić information content (AvgIpc) is 2.85. The fraction of sp³-hybridized carbons (Fsp3) is 0.533. The summed E-state index contributed by atoms with van der Waals surface area (Å²) >= 11 is 0. The fourth-order valence-corrected chi connectivity index (χ4v) is 2.24. The number of aromatic nitrogens is 3. The summed E-state index contributed by atoms with van der Waals surface area (Å²) in [7, 11) is 0. The molecule has 100 valence electrons. The molecule has 4 heteroatoms. The molecule has 0 spiro atoms. The summed E-state index contributed by atoms with van der Waals surface area (Å²) in [4.78, 5) is 0. The number of fused-ring (bicyclic) bond motifs is 1. The molecule has 0 aliphatic carbocycles. The Morgan fingerprint density at radius 1 is 1.11 bits per heavy atom. The summed E-state index contributed by atoms with van der Waals surface area (Å²) in [6, 6.07) is 5.77. The second-order valence-corrected chi connectivity index (χ2v) is 4.89. The van der Waals surface area contributed by atoms with Crippen LogP contribution in [0.1, 0.15) is 56.8 Å². The van der Waals surface area contributed by atoms with Crippen LogP contribution in [0.2, 0.25) is 0 Å². The van der Waals surface area contributed by atoms with E-state index >= 15 is 0 Å². The van der Waals surface area contributed by atoms with Crippen LogP contribution in [0.25, 0.3) is 5.65 Å². The highest BCUT2D eigenvalue weighted by atomic mass is 15.2. The minimum atomic E-state index is 0.650. The SMILES string of the molecule is CCCCCCCCc1nnc2ccc(C#N)cn12. The van der Waals surface area contributed by atoms with Crippen LogP contribution in [0.3, 0.4) is 0 Å². The molecule has 0 aliphatic rings. The number of nitriles is 1. The maximum Gasteiger partial charge on any atom is 0.160 e. The van der Waals surface area contributed by atoms with Crippen molar-refractivity contribution in [2.45, 2.75) is 51.9 Å². The van der Waals surface area contributed by atoms with Crippen LogP contribution in [0.4, 0.5) is 0 Å². The Bertz CT molecular complexity index is 565. The van der Waals surface area contributed by atoms with E-state index < -0.39 is 0 Å². The van der Waals surface area contributed by atoms with Crippen LogP contribution in [-0.2, 0) is 6.42 Å². The first-order valence-corrected chi connectivity index (χ1v) is 7.09. The van der Waals surface area contributed by atoms with E-state index in [1.807, 2.05) is 16.7 Å². The van der Waals surface area contributed by atoms with Crippen LogP contribution >= 0.6 is 0 Å². The topological polar surface area (TPSA) is 54.0 Å². The lowest BCUT2D eigenvalue weighted by Crippen LogP contribution is -1.96. The Morgan fingerprint density at radius 2 is 1.89 bits per heavy atom. The van der Waals surface area contributed by atoms with Crippen LogP contribution in [0.15, 0.2) is 18.3 Å². The Kier molecular flexibility index (Phi) is 4.91. The van der Waals surface area contributed by atoms with E-state index in [1.54, 1.807) is 6.07 Å². The highest BCUT2D eigenvalue weighted by Crippen LogP contribution is 2.11. The Balaban J connectivity index is 1.92. The van der Waals surface area contributed by atoms with Gasteiger partial charge in [0.15, 0.2) is 5.65 Å². The maximum atomic E-state index is 8.92. The predicted octanol–water partition coefficient (Wildman–Crippen LogP) is 3.50. The summed E-state index contributed by atoms with van der Waals surface area (Å²) in [6.07, 6.45) is 10.4. The van der Waals surface area contributed by atoms with Crippen molar-refractivity contribution in [2.24, 2.45) is 0 Å². The molecule has 2 aromatic rings. The lowest BCUT2D eigenvalue weighted by atomic mass is 10.1. The lowest BCUT2D eigenvalue weighted by molar-refractivity contribution is 0.599. The van der Waals surface area contributed by atoms with Gasteiger partial charge in [0.25, 0.3) is 0 Å². The zero-order valence-corrected chi connectivity index (χ0v) is 11.5. The second kappa shape index (κ2) is 6.89. The molecule has 0 N–H and O–H groups in total. The summed E-state index contributed by atoms with van der Waals surface area (Å²) in [6.45, 7) is 2.23. The first kappa shape index (κ1) is 13.5. The molecule has 0 amide bonds. The average molecular weight is 256 g/mol. The van der Waals surface area contributed by atoms with Crippen LogP contribution < -0.4 is 0 Å². The predicted molar refractivity (Wildman–Crippen MR) is 74.8 cm³/mol. The van der Waals surface area contributed by atoms with Gasteiger partial charge in [-0.15, -0.1) is 10.2 Å². The van der Waals surface area contributed by atoms with Gasteiger partial charge in [-0.2, -0.15) is 5.26 Å². The first-order chi connectivity index (χ1) is 9.35. The molecule has 2 rings (SSSR count). The van der Waals surface area contributed by atoms with E-state index in [9.17, 15) is 0 Å². The Hall–Kier alpha value is -1.89. The first-order valence-electron chi connectivity index (χ1n) is 7.09. The van der Waals surface area contributed by atoms with E-state index in [2.05, 4.69) is 23.2 Å². The molecule has 0 bridgehead atoms. The number of nitrogens with zero attached hydrogens (tertiary/aromatic N) is 4. The van der Waals surface area contributed by atoms with Crippen molar-refractivity contribution in [3.63, 3.8) is 0 Å². The molecule has 2 aromatic heterocycles. The third-order valence-electron chi connectivity index (χ3n) is 3.36. The minimum absolute atomic E-state index is 0.650. The monoisotopic (exact) mass is 256 g/mol. The van der Waals surface area contributed by atoms with E-state index in [-0.39, 0.29) is 0 Å². The number of pyridine rings is 1. The van der Waals surface area contributed by atoms with Gasteiger partial charge in [-0.25, -0.2) is 0 Å². The third-order valence-corrected chi connectivity index (χ3v) is 3.36. The summed E-state index contributed by atoms with van der Waals surface area (Å²) in [5.74, 6) is 0.961. The zero-order valence-electron chi connectivity index (χ0n) is 11.5. The van der Waals surface area contributed by atoms with Gasteiger partial charge < -0.3 is 0 Å². The van der Waals surface area contributed by atoms with E-state index in [0.717, 1.165) is 24.3 Å². The molecule has 0 saturated carbocycles. The Morgan fingerprint density at radius 3 is 2.68 bits per heavy atom. The molecular weight excluding hydrogens is 236 g/mol. The molecule has 0 fully saturated rings. The van der Waals surface area contributed by atoms with Crippen LogP contribution in [0, 0.1) is 11.3 Å². The summed E-state index contributed by atoms with van der Waals surface area (Å²) in [5, 5.41) is 17.3. The van der Waals surface area contributed by atoms with Crippen LogP contribution in [0.5, 0.6) is 0 Å². The van der Waals surface area contributed by atoms with E-state index in [4.69, 9.17) is 5.26 Å². The molecular formula is C15H20N4. The summed E-state index contributed by atoms with van der Waals surface area (Å²) in [5.41, 5.74) is 1.47. The number of hydrogen-bond acceptors (Lipinski definition) is 3. The van der Waals surface area contributed by atoms with Gasteiger partial charge in [0.1, 0.15) is 11.9 Å². The standard InChI is InChI=1S/C15H20N4/c1-2-3-4-5-6-7-8-14-17-18-15-10-9-13(11-16)12-19(14)15/h9-10,12H,2-8H2,1H3. The molecule has 2 heterocycles. The van der Waals surface area contributed by atoms with Crippen molar-refractivity contribution in [1.82, 2.24) is 14.6 Å². The molecule has 0 saturated heterocycles. The second-order valence-electron chi connectivity index (χ2n) is 4.89. The smallest absolute Gasteiger partial charge is 0.160 e. The quantitative estimate of drug-likeness (QED) is 0.712. The van der Waals surface area contributed by atoms with Crippen molar-refractivity contribution in [2.75, 3.05) is 0 Å². The fourth-order valence-electron chi connectivity index (χ4n) is 2.24. The number of unbranched alkanes of at least 4 members (excludes halogenated alkanes) is 5. The van der Waals surface area contributed by atoms with Gasteiger partial charge in [-0.1, -0.05) is 39.0 Å². The molecule has 19 heavy (non-hydrogen) atoms. The van der Waals surface area contributed by atoms with Gasteiger partial charge in [0, 0.05) is 12.6 Å². The van der Waals surface area contributed by atoms with Crippen molar-refractivity contribution < 1.29 is 0 Å². The molecule has 0 aromatic carbocycles. The highest BCUT2D eigenvalue weighted by Gasteiger charge is 2.05. The van der Waals surface area contributed by atoms with E-state index in [1.165, 1.54) is 32.1 Å². The van der Waals surface area contributed by atoms with Gasteiger partial charge in [0.2, 0.25) is 0 Å². The van der Waals surface area contributed by atoms with E-state index in [0.29, 0.717) is 5.56 Å². The number of aryl methyl sites for hydroxylation is 1. The minimum Gasteiger partial charge on any atom is -0.285 e. The van der Waals surface area contributed by atoms with Gasteiger partial charge in [-0.05, 0) is 18.6 Å². The molecule has 4 nitrogen and oxygen atoms in total. The molecule has 0 atom stereocenters. The third kappa shape index (κ3) is 3.54. The lowest BCUT2D eigenvalue weighted by Gasteiger charge is -2.01. The maximum absolute atomic E-state index is 8.92.